The molecule has 15 heavy (non-hydrogen) atoms. The average molecular weight is 232 g/mol. The molecule has 0 atom stereocenters. The van der Waals surface area contributed by atoms with E-state index in [1.54, 1.807) is 0 Å². The van der Waals surface area contributed by atoms with Crippen molar-refractivity contribution in [1.82, 2.24) is 5.32 Å². The van der Waals surface area contributed by atoms with Crippen molar-refractivity contribution in [3.63, 3.8) is 0 Å². The van der Waals surface area contributed by atoms with Crippen LogP contribution in [0.1, 0.15) is 13.8 Å². The highest BCUT2D eigenvalue weighted by molar-refractivity contribution is 8.10. The summed E-state index contributed by atoms with van der Waals surface area (Å²) in [6.07, 6.45) is 0.870. The number of carboxylic acid groups (broad SMARTS) is 1. The number of sulfone groups is 1. The molecule has 1 aliphatic heterocycles. The fraction of sp³-hybridized carbons (Fsp3) is 0.500. The minimum Gasteiger partial charge on any atom is -0.477 e. The lowest BCUT2D eigenvalue weighted by Gasteiger charge is -2.07. The Morgan fingerprint density at radius 2 is 2.20 bits per heavy atom. The van der Waals surface area contributed by atoms with Crippen LogP contribution in [0, 0.1) is 0 Å². The topological polar surface area (TPSA) is 95.8 Å². The number of hydrogen-bond donors (Lipinski definition) is 2. The maximum Gasteiger partial charge on any atom is 0.349 e. The number of rotatable bonds is 4. The SMILES string of the molecule is CC(C)NCC1=NC=C(C(=O)O)S1(=O)=O. The molecule has 2 N–H and O–H groups in total. The lowest BCUT2D eigenvalue weighted by atomic mass is 10.4. The Labute approximate surface area is 87.6 Å². The van der Waals surface area contributed by atoms with Crippen LogP contribution in [0.25, 0.3) is 0 Å². The van der Waals surface area contributed by atoms with Crippen LogP contribution in [-0.4, -0.2) is 37.1 Å². The van der Waals surface area contributed by atoms with Gasteiger partial charge in [-0.15, -0.1) is 0 Å². The van der Waals surface area contributed by atoms with Crippen molar-refractivity contribution in [2.45, 2.75) is 19.9 Å². The zero-order chi connectivity index (χ0) is 11.6. The van der Waals surface area contributed by atoms with Gasteiger partial charge in [0.1, 0.15) is 0 Å². The molecule has 0 amide bonds. The van der Waals surface area contributed by atoms with Crippen LogP contribution >= 0.6 is 0 Å². The van der Waals surface area contributed by atoms with Crippen molar-refractivity contribution < 1.29 is 18.3 Å². The zero-order valence-corrected chi connectivity index (χ0v) is 9.21. The molecule has 84 valence electrons. The smallest absolute Gasteiger partial charge is 0.349 e. The normalized spacial score (nSPS) is 18.9. The first-order chi connectivity index (χ1) is 6.85. The molecule has 1 heterocycles. The van der Waals surface area contributed by atoms with Crippen LogP contribution in [0.4, 0.5) is 0 Å². The van der Waals surface area contributed by atoms with E-state index in [0.717, 1.165) is 6.20 Å². The minimum atomic E-state index is -3.87. The summed E-state index contributed by atoms with van der Waals surface area (Å²) in [6, 6.07) is 0.108. The molecule has 1 rings (SSSR count). The summed E-state index contributed by atoms with van der Waals surface area (Å²) in [5.41, 5.74) is 0. The molecule has 0 aromatic carbocycles. The first-order valence-corrected chi connectivity index (χ1v) is 5.82. The maximum absolute atomic E-state index is 11.5. The van der Waals surface area contributed by atoms with E-state index >= 15 is 0 Å². The van der Waals surface area contributed by atoms with E-state index in [1.165, 1.54) is 0 Å². The molecule has 0 radical (unpaired) electrons. The molecular weight excluding hydrogens is 220 g/mol. The predicted octanol–water partition coefficient (Wildman–Crippen LogP) is -0.263. The standard InChI is InChI=1S/C8H12N2O4S/c1-5(2)9-4-7-10-3-6(8(11)12)15(7,13)14/h3,5,9H,4H2,1-2H3,(H,11,12). The Hall–Kier alpha value is -1.21. The molecular formula is C8H12N2O4S. The van der Waals surface area contributed by atoms with Gasteiger partial charge >= 0.3 is 5.97 Å². The predicted molar refractivity (Wildman–Crippen MR) is 55.2 cm³/mol. The van der Waals surface area contributed by atoms with E-state index in [0.29, 0.717) is 0 Å². The first-order valence-electron chi connectivity index (χ1n) is 4.34. The molecule has 0 saturated carbocycles. The quantitative estimate of drug-likeness (QED) is 0.696. The van der Waals surface area contributed by atoms with E-state index in [9.17, 15) is 13.2 Å². The second kappa shape index (κ2) is 4.11. The molecule has 0 unspecified atom stereocenters. The van der Waals surface area contributed by atoms with Crippen molar-refractivity contribution in [1.29, 1.82) is 0 Å². The van der Waals surface area contributed by atoms with E-state index in [2.05, 4.69) is 10.3 Å². The molecule has 6 nitrogen and oxygen atoms in total. The van der Waals surface area contributed by atoms with Crippen LogP contribution in [0.3, 0.4) is 0 Å². The van der Waals surface area contributed by atoms with Gasteiger partial charge in [0.2, 0.25) is 9.84 Å². The third kappa shape index (κ3) is 2.42. The number of carboxylic acids is 1. The van der Waals surface area contributed by atoms with Gasteiger partial charge in [0.25, 0.3) is 0 Å². The number of hydrogen-bond acceptors (Lipinski definition) is 5. The summed E-state index contributed by atoms with van der Waals surface area (Å²) in [5.74, 6) is -1.47. The molecule has 0 bridgehead atoms. The summed E-state index contributed by atoms with van der Waals surface area (Å²) >= 11 is 0. The lowest BCUT2D eigenvalue weighted by Crippen LogP contribution is -2.33. The highest BCUT2D eigenvalue weighted by Gasteiger charge is 2.33. The largest absolute Gasteiger partial charge is 0.477 e. The van der Waals surface area contributed by atoms with Crippen molar-refractivity contribution in [2.75, 3.05) is 6.54 Å². The van der Waals surface area contributed by atoms with Gasteiger partial charge in [0, 0.05) is 12.6 Å². The summed E-state index contributed by atoms with van der Waals surface area (Å²) in [5, 5.41) is 11.3. The molecule has 0 saturated heterocycles. The van der Waals surface area contributed by atoms with Crippen LogP contribution in [0.15, 0.2) is 16.1 Å². The van der Waals surface area contributed by atoms with Crippen molar-refractivity contribution in [2.24, 2.45) is 4.99 Å². The number of nitrogens with one attached hydrogen (secondary N) is 1. The van der Waals surface area contributed by atoms with Crippen molar-refractivity contribution >= 4 is 20.9 Å². The monoisotopic (exact) mass is 232 g/mol. The second-order valence-electron chi connectivity index (χ2n) is 3.36. The van der Waals surface area contributed by atoms with Gasteiger partial charge in [-0.1, -0.05) is 13.8 Å². The number of aliphatic carboxylic acids is 1. The van der Waals surface area contributed by atoms with Crippen LogP contribution in [-0.2, 0) is 14.6 Å². The third-order valence-electron chi connectivity index (χ3n) is 1.80. The molecule has 0 fully saturated rings. The molecule has 0 aromatic heterocycles. The van der Waals surface area contributed by atoms with Crippen molar-refractivity contribution in [3.8, 4) is 0 Å². The van der Waals surface area contributed by atoms with Gasteiger partial charge in [-0.25, -0.2) is 18.2 Å². The van der Waals surface area contributed by atoms with Crippen LogP contribution < -0.4 is 5.32 Å². The molecule has 7 heteroatoms. The van der Waals surface area contributed by atoms with E-state index < -0.39 is 20.7 Å². The highest BCUT2D eigenvalue weighted by atomic mass is 32.2. The summed E-state index contributed by atoms with van der Waals surface area (Å²) in [7, 11) is -3.87. The van der Waals surface area contributed by atoms with Gasteiger partial charge in [-0.2, -0.15) is 0 Å². The van der Waals surface area contributed by atoms with Gasteiger partial charge in [0.15, 0.2) is 9.95 Å². The van der Waals surface area contributed by atoms with Crippen LogP contribution in [0.5, 0.6) is 0 Å². The van der Waals surface area contributed by atoms with Gasteiger partial charge in [0.05, 0.1) is 6.20 Å². The maximum atomic E-state index is 11.5. The van der Waals surface area contributed by atoms with E-state index in [1.807, 2.05) is 13.8 Å². The Morgan fingerprint density at radius 3 is 2.60 bits per heavy atom. The Morgan fingerprint density at radius 1 is 1.60 bits per heavy atom. The first kappa shape index (κ1) is 11.9. The van der Waals surface area contributed by atoms with E-state index in [4.69, 9.17) is 5.11 Å². The molecule has 0 aromatic rings. The zero-order valence-electron chi connectivity index (χ0n) is 8.39. The van der Waals surface area contributed by atoms with Crippen LogP contribution in [0.2, 0.25) is 0 Å². The fourth-order valence-corrected chi connectivity index (χ4v) is 2.14. The number of aliphatic imine (C=N–C) groups is 1. The number of nitrogens with zero attached hydrogens (tertiary/aromatic N) is 1. The summed E-state index contributed by atoms with van der Waals surface area (Å²) < 4.78 is 23.1. The van der Waals surface area contributed by atoms with Gasteiger partial charge < -0.3 is 10.4 Å². The minimum absolute atomic E-state index is 0.0489. The summed E-state index contributed by atoms with van der Waals surface area (Å²) in [4.78, 5) is 13.5. The van der Waals surface area contributed by atoms with Gasteiger partial charge in [-0.3, -0.25) is 0 Å². The molecule has 0 spiro atoms. The summed E-state index contributed by atoms with van der Waals surface area (Å²) in [6.45, 7) is 3.76. The number of carbonyl (C=O) groups is 1. The molecule has 1 aliphatic rings. The van der Waals surface area contributed by atoms with E-state index in [-0.39, 0.29) is 17.6 Å². The molecule has 0 aliphatic carbocycles. The Balaban J connectivity index is 2.80. The Bertz CT molecular complexity index is 434. The highest BCUT2D eigenvalue weighted by Crippen LogP contribution is 2.16. The third-order valence-corrected chi connectivity index (χ3v) is 3.53. The average Bonchev–Trinajstić information content (AvgIpc) is 2.37. The lowest BCUT2D eigenvalue weighted by molar-refractivity contribution is -0.131. The fourth-order valence-electron chi connectivity index (χ4n) is 0.999. The Kier molecular flexibility index (Phi) is 3.25. The second-order valence-corrected chi connectivity index (χ2v) is 5.28. The van der Waals surface area contributed by atoms with Crippen molar-refractivity contribution in [3.05, 3.63) is 11.1 Å². The van der Waals surface area contributed by atoms with Gasteiger partial charge in [-0.05, 0) is 0 Å².